The lowest BCUT2D eigenvalue weighted by Crippen LogP contribution is -2.25. The first kappa shape index (κ1) is 13.5. The smallest absolute Gasteiger partial charge is 0.339 e. The van der Waals surface area contributed by atoms with Crippen molar-refractivity contribution in [2.24, 2.45) is 0 Å². The Morgan fingerprint density at radius 3 is 2.59 bits per heavy atom. The normalized spacial score (nSPS) is 10.9. The van der Waals surface area contributed by atoms with Crippen LogP contribution in [0.15, 0.2) is 18.2 Å². The van der Waals surface area contributed by atoms with Gasteiger partial charge in [-0.15, -0.1) is 0 Å². The third-order valence-electron chi connectivity index (χ3n) is 2.81. The summed E-state index contributed by atoms with van der Waals surface area (Å²) in [5.41, 5.74) is 1.24. The standard InChI is InChI=1S/C13H19NO3/c1-9(2)14(3)8-10-5-6-11(13(15)16)12(7-10)17-4/h5-7,9H,8H2,1-4H3,(H,15,16). The number of carboxylic acid groups (broad SMARTS) is 1. The van der Waals surface area contributed by atoms with E-state index in [0.717, 1.165) is 12.1 Å². The highest BCUT2D eigenvalue weighted by Crippen LogP contribution is 2.21. The summed E-state index contributed by atoms with van der Waals surface area (Å²) in [6.45, 7) is 5.00. The Balaban J connectivity index is 2.94. The third kappa shape index (κ3) is 3.46. The zero-order valence-electron chi connectivity index (χ0n) is 10.7. The summed E-state index contributed by atoms with van der Waals surface area (Å²) in [6.07, 6.45) is 0. The van der Waals surface area contributed by atoms with E-state index in [-0.39, 0.29) is 5.56 Å². The van der Waals surface area contributed by atoms with Crippen LogP contribution in [0.2, 0.25) is 0 Å². The molecule has 0 atom stereocenters. The van der Waals surface area contributed by atoms with Crippen molar-refractivity contribution in [1.29, 1.82) is 0 Å². The molecule has 0 aliphatic carbocycles. The minimum atomic E-state index is -0.967. The van der Waals surface area contributed by atoms with Gasteiger partial charge in [-0.2, -0.15) is 0 Å². The predicted molar refractivity (Wildman–Crippen MR) is 66.6 cm³/mol. The fraction of sp³-hybridized carbons (Fsp3) is 0.462. The van der Waals surface area contributed by atoms with E-state index in [1.165, 1.54) is 7.11 Å². The lowest BCUT2D eigenvalue weighted by Gasteiger charge is -2.21. The molecular formula is C13H19NO3. The van der Waals surface area contributed by atoms with E-state index < -0.39 is 5.97 Å². The first-order valence-corrected chi connectivity index (χ1v) is 5.56. The minimum Gasteiger partial charge on any atom is -0.496 e. The second-order valence-electron chi connectivity index (χ2n) is 4.35. The van der Waals surface area contributed by atoms with Gasteiger partial charge in [0.05, 0.1) is 7.11 Å². The highest BCUT2D eigenvalue weighted by Gasteiger charge is 2.12. The van der Waals surface area contributed by atoms with Gasteiger partial charge in [-0.3, -0.25) is 4.90 Å². The lowest BCUT2D eigenvalue weighted by molar-refractivity contribution is 0.0693. The van der Waals surface area contributed by atoms with Crippen LogP contribution in [-0.2, 0) is 6.54 Å². The average molecular weight is 237 g/mol. The van der Waals surface area contributed by atoms with Gasteiger partial charge in [0.25, 0.3) is 0 Å². The van der Waals surface area contributed by atoms with Crippen molar-refractivity contribution in [3.05, 3.63) is 29.3 Å². The Labute approximate surface area is 102 Å². The maximum Gasteiger partial charge on any atom is 0.339 e. The van der Waals surface area contributed by atoms with Crippen LogP contribution < -0.4 is 4.74 Å². The van der Waals surface area contributed by atoms with Crippen molar-refractivity contribution >= 4 is 5.97 Å². The van der Waals surface area contributed by atoms with Gasteiger partial charge in [-0.1, -0.05) is 6.07 Å². The van der Waals surface area contributed by atoms with Crippen molar-refractivity contribution < 1.29 is 14.6 Å². The summed E-state index contributed by atoms with van der Waals surface area (Å²) in [5.74, 6) is -0.558. The zero-order chi connectivity index (χ0) is 13.0. The number of carboxylic acids is 1. The first-order chi connectivity index (χ1) is 7.95. The molecule has 0 saturated carbocycles. The largest absolute Gasteiger partial charge is 0.496 e. The van der Waals surface area contributed by atoms with Crippen LogP contribution >= 0.6 is 0 Å². The van der Waals surface area contributed by atoms with Crippen molar-refractivity contribution in [2.45, 2.75) is 26.4 Å². The van der Waals surface area contributed by atoms with Gasteiger partial charge in [0.2, 0.25) is 0 Å². The highest BCUT2D eigenvalue weighted by atomic mass is 16.5. The Morgan fingerprint density at radius 1 is 1.47 bits per heavy atom. The lowest BCUT2D eigenvalue weighted by atomic mass is 10.1. The molecule has 1 aromatic rings. The summed E-state index contributed by atoms with van der Waals surface area (Å²) in [7, 11) is 3.51. The number of nitrogens with zero attached hydrogens (tertiary/aromatic N) is 1. The molecule has 0 aromatic heterocycles. The molecule has 0 spiro atoms. The summed E-state index contributed by atoms with van der Waals surface area (Å²) >= 11 is 0. The number of aromatic carboxylic acids is 1. The molecule has 4 heteroatoms. The molecule has 1 aromatic carbocycles. The van der Waals surface area contributed by atoms with Crippen molar-refractivity contribution in [2.75, 3.05) is 14.2 Å². The summed E-state index contributed by atoms with van der Waals surface area (Å²) in [5, 5.41) is 8.97. The van der Waals surface area contributed by atoms with Crippen LogP contribution in [0.5, 0.6) is 5.75 Å². The Hall–Kier alpha value is -1.55. The molecule has 94 valence electrons. The number of methoxy groups -OCH3 is 1. The van der Waals surface area contributed by atoms with E-state index in [0.29, 0.717) is 11.8 Å². The second-order valence-corrected chi connectivity index (χ2v) is 4.35. The number of carbonyl (C=O) groups is 1. The molecular weight excluding hydrogens is 218 g/mol. The first-order valence-electron chi connectivity index (χ1n) is 5.56. The summed E-state index contributed by atoms with van der Waals surface area (Å²) in [4.78, 5) is 13.1. The van der Waals surface area contributed by atoms with Gasteiger partial charge in [-0.05, 0) is 38.6 Å². The van der Waals surface area contributed by atoms with Crippen LogP contribution in [0.1, 0.15) is 29.8 Å². The van der Waals surface area contributed by atoms with Gasteiger partial charge < -0.3 is 9.84 Å². The molecule has 1 rings (SSSR count). The van der Waals surface area contributed by atoms with Crippen LogP contribution in [0.4, 0.5) is 0 Å². The molecule has 0 aliphatic rings. The number of ether oxygens (including phenoxy) is 1. The molecule has 0 radical (unpaired) electrons. The quantitative estimate of drug-likeness (QED) is 0.853. The molecule has 4 nitrogen and oxygen atoms in total. The number of rotatable bonds is 5. The zero-order valence-corrected chi connectivity index (χ0v) is 10.7. The minimum absolute atomic E-state index is 0.198. The van der Waals surface area contributed by atoms with Gasteiger partial charge in [0, 0.05) is 12.6 Å². The predicted octanol–water partition coefficient (Wildman–Crippen LogP) is 2.23. The molecule has 0 fully saturated rings. The highest BCUT2D eigenvalue weighted by molar-refractivity contribution is 5.90. The van der Waals surface area contributed by atoms with Gasteiger partial charge in [-0.25, -0.2) is 4.79 Å². The fourth-order valence-corrected chi connectivity index (χ4v) is 1.48. The topological polar surface area (TPSA) is 49.8 Å². The molecule has 0 aliphatic heterocycles. The monoisotopic (exact) mass is 237 g/mol. The Bertz CT molecular complexity index is 402. The molecule has 17 heavy (non-hydrogen) atoms. The maximum absolute atomic E-state index is 10.9. The molecule has 0 unspecified atom stereocenters. The number of hydrogen-bond acceptors (Lipinski definition) is 3. The summed E-state index contributed by atoms with van der Waals surface area (Å²) in [6, 6.07) is 5.64. The van der Waals surface area contributed by atoms with E-state index in [2.05, 4.69) is 18.7 Å². The van der Waals surface area contributed by atoms with E-state index in [1.54, 1.807) is 12.1 Å². The van der Waals surface area contributed by atoms with Gasteiger partial charge in [0.1, 0.15) is 11.3 Å². The van der Waals surface area contributed by atoms with Crippen molar-refractivity contribution in [3.63, 3.8) is 0 Å². The molecule has 1 N–H and O–H groups in total. The number of hydrogen-bond donors (Lipinski definition) is 1. The van der Waals surface area contributed by atoms with Crippen LogP contribution in [0, 0.1) is 0 Å². The Kier molecular flexibility index (Phi) is 4.52. The molecule has 0 saturated heterocycles. The van der Waals surface area contributed by atoms with E-state index in [9.17, 15) is 4.79 Å². The fourth-order valence-electron chi connectivity index (χ4n) is 1.48. The van der Waals surface area contributed by atoms with Crippen molar-refractivity contribution in [3.8, 4) is 5.75 Å². The number of benzene rings is 1. The maximum atomic E-state index is 10.9. The van der Waals surface area contributed by atoms with Gasteiger partial charge >= 0.3 is 5.97 Å². The molecule has 0 bridgehead atoms. The SMILES string of the molecule is COc1cc(CN(C)C(C)C)ccc1C(=O)O. The molecule has 0 heterocycles. The second kappa shape index (κ2) is 5.68. The van der Waals surface area contributed by atoms with Crippen molar-refractivity contribution in [1.82, 2.24) is 4.90 Å². The van der Waals surface area contributed by atoms with Crippen LogP contribution in [0.3, 0.4) is 0 Å². The van der Waals surface area contributed by atoms with E-state index in [4.69, 9.17) is 9.84 Å². The van der Waals surface area contributed by atoms with Gasteiger partial charge in [0.15, 0.2) is 0 Å². The third-order valence-corrected chi connectivity index (χ3v) is 2.81. The van der Waals surface area contributed by atoms with E-state index >= 15 is 0 Å². The average Bonchev–Trinajstić information content (AvgIpc) is 2.28. The van der Waals surface area contributed by atoms with E-state index in [1.807, 2.05) is 13.1 Å². The Morgan fingerprint density at radius 2 is 2.12 bits per heavy atom. The summed E-state index contributed by atoms with van der Waals surface area (Å²) < 4.78 is 5.09. The van der Waals surface area contributed by atoms with Crippen LogP contribution in [-0.4, -0.2) is 36.2 Å². The molecule has 0 amide bonds. The van der Waals surface area contributed by atoms with Crippen LogP contribution in [0.25, 0.3) is 0 Å².